The minimum atomic E-state index is -0.550. The van der Waals surface area contributed by atoms with E-state index in [-0.39, 0.29) is 23.1 Å². The molecular weight excluding hydrogens is 514 g/mol. The third kappa shape index (κ3) is 4.61. The number of nitrogens with two attached hydrogens (primary N) is 1. The zero-order chi connectivity index (χ0) is 29.9. The number of piperidine rings is 1. The van der Waals surface area contributed by atoms with Gasteiger partial charge in [0.2, 0.25) is 11.5 Å². The lowest BCUT2D eigenvalue weighted by atomic mass is 9.85. The number of hydrogen-bond donors (Lipinski definition) is 2. The van der Waals surface area contributed by atoms with Crippen molar-refractivity contribution in [3.05, 3.63) is 57.7 Å². The van der Waals surface area contributed by atoms with Crippen molar-refractivity contribution in [3.8, 4) is 17.2 Å². The Morgan fingerprint density at radius 3 is 2.27 bits per heavy atom. The SMILES string of the molecule is CC.CC.COC(=O)c1cc2c([nH]1)C(=O)C=C1N(C(=O)/C(N)=C/c3cc(OC)c(OC)c(OC)c3C)CC3CC123. The first-order valence-corrected chi connectivity index (χ1v) is 13.4. The standard InChI is InChI=1S/C26H27N3O7.2C2H6/c1-12-13(7-19(33-2)23(35-4)22(12)34-3)6-16(27)24(31)29-11-14-10-26(14)15-8-17(25(32)36-5)28-21(15)18(30)9-20(26)29;2*1-2/h6-9,14,28H,10-11,27H2,1-5H3;2*1-2H3/b16-6-;;. The molecule has 0 bridgehead atoms. The van der Waals surface area contributed by atoms with Crippen molar-refractivity contribution in [1.29, 1.82) is 0 Å². The Bertz CT molecular complexity index is 1390. The highest BCUT2D eigenvalue weighted by atomic mass is 16.5. The summed E-state index contributed by atoms with van der Waals surface area (Å²) >= 11 is 0. The average Bonchev–Trinajstić information content (AvgIpc) is 3.33. The van der Waals surface area contributed by atoms with Gasteiger partial charge in [0.15, 0.2) is 11.5 Å². The Balaban J connectivity index is 0.00000106. The van der Waals surface area contributed by atoms with Crippen LogP contribution in [0.3, 0.4) is 0 Å². The highest BCUT2D eigenvalue weighted by Crippen LogP contribution is 2.66. The second-order valence-corrected chi connectivity index (χ2v) is 9.10. The Morgan fingerprint density at radius 1 is 1.05 bits per heavy atom. The molecule has 2 atom stereocenters. The predicted molar refractivity (Wildman–Crippen MR) is 152 cm³/mol. The number of fused-ring (bicyclic) bond motifs is 1. The number of methoxy groups -OCH3 is 4. The highest BCUT2D eigenvalue weighted by molar-refractivity contribution is 6.10. The number of hydrogen-bond acceptors (Lipinski definition) is 8. The quantitative estimate of drug-likeness (QED) is 0.398. The summed E-state index contributed by atoms with van der Waals surface area (Å²) in [6.45, 7) is 10.3. The topological polar surface area (TPSA) is 133 Å². The molecule has 2 heterocycles. The van der Waals surface area contributed by atoms with E-state index in [9.17, 15) is 14.4 Å². The van der Waals surface area contributed by atoms with E-state index in [4.69, 9.17) is 24.7 Å². The number of carbonyl (C=O) groups is 3. The molecule has 2 fully saturated rings. The first kappa shape index (κ1) is 30.3. The van der Waals surface area contributed by atoms with Gasteiger partial charge in [0.1, 0.15) is 5.69 Å². The Morgan fingerprint density at radius 2 is 1.70 bits per heavy atom. The number of nitrogens with one attached hydrogen (secondary N) is 1. The molecule has 1 spiro atoms. The maximum atomic E-state index is 13.5. The van der Waals surface area contributed by atoms with Gasteiger partial charge in [-0.05, 0) is 48.6 Å². The van der Waals surface area contributed by atoms with E-state index < -0.39 is 17.3 Å². The van der Waals surface area contributed by atoms with E-state index in [0.29, 0.717) is 40.7 Å². The number of carbonyl (C=O) groups excluding carboxylic acids is 3. The molecule has 2 unspecified atom stereocenters. The molecule has 2 aliphatic carbocycles. The number of nitrogens with zero attached hydrogens (tertiary/aromatic N) is 1. The summed E-state index contributed by atoms with van der Waals surface area (Å²) in [4.78, 5) is 42.9. The molecule has 1 aromatic carbocycles. The van der Waals surface area contributed by atoms with Gasteiger partial charge in [0.05, 0.1) is 39.8 Å². The van der Waals surface area contributed by atoms with Crippen LogP contribution in [-0.4, -0.2) is 62.5 Å². The molecule has 40 heavy (non-hydrogen) atoms. The van der Waals surface area contributed by atoms with Gasteiger partial charge in [-0.15, -0.1) is 0 Å². The summed E-state index contributed by atoms with van der Waals surface area (Å²) in [5.74, 6) is 0.250. The molecule has 3 aliphatic rings. The zero-order valence-electron chi connectivity index (χ0n) is 24.7. The molecule has 2 aromatic rings. The van der Waals surface area contributed by atoms with Gasteiger partial charge in [0.25, 0.3) is 5.91 Å². The first-order valence-electron chi connectivity index (χ1n) is 13.4. The fourth-order valence-electron chi connectivity index (χ4n) is 5.56. The number of aromatic nitrogens is 1. The summed E-state index contributed by atoms with van der Waals surface area (Å²) in [7, 11) is 5.84. The lowest BCUT2D eigenvalue weighted by molar-refractivity contribution is -0.125. The van der Waals surface area contributed by atoms with E-state index in [1.165, 1.54) is 34.5 Å². The number of H-pyrrole nitrogens is 1. The molecule has 3 N–H and O–H groups in total. The Hall–Kier alpha value is -4.21. The van der Waals surface area contributed by atoms with Crippen molar-refractivity contribution in [2.24, 2.45) is 11.7 Å². The molecule has 216 valence electrons. The van der Waals surface area contributed by atoms with Gasteiger partial charge in [-0.1, -0.05) is 27.7 Å². The highest BCUT2D eigenvalue weighted by Gasteiger charge is 2.67. The smallest absolute Gasteiger partial charge is 0.354 e. The number of allylic oxidation sites excluding steroid dienone is 2. The fourth-order valence-corrected chi connectivity index (χ4v) is 5.56. The number of likely N-dealkylation sites (tertiary alicyclic amines) is 1. The number of rotatable bonds is 6. The molecule has 0 radical (unpaired) electrons. The number of benzene rings is 1. The first-order chi connectivity index (χ1) is 19.2. The average molecular weight is 554 g/mol. The molecule has 1 saturated heterocycles. The van der Waals surface area contributed by atoms with Crippen LogP contribution < -0.4 is 19.9 Å². The second-order valence-electron chi connectivity index (χ2n) is 9.10. The van der Waals surface area contributed by atoms with Crippen molar-refractivity contribution >= 4 is 23.7 Å². The van der Waals surface area contributed by atoms with E-state index in [0.717, 1.165) is 17.5 Å². The lowest BCUT2D eigenvalue weighted by Gasteiger charge is -2.28. The van der Waals surface area contributed by atoms with Crippen molar-refractivity contribution in [2.45, 2.75) is 46.5 Å². The van der Waals surface area contributed by atoms with Crippen LogP contribution in [0.1, 0.15) is 71.8 Å². The number of ketones is 1. The van der Waals surface area contributed by atoms with Crippen LogP contribution in [0, 0.1) is 12.8 Å². The third-order valence-electron chi connectivity index (χ3n) is 7.40. The third-order valence-corrected chi connectivity index (χ3v) is 7.40. The fraction of sp³-hybridized carbons (Fsp3) is 0.433. The van der Waals surface area contributed by atoms with Crippen LogP contribution in [0.5, 0.6) is 17.2 Å². The monoisotopic (exact) mass is 553 g/mol. The van der Waals surface area contributed by atoms with Crippen molar-refractivity contribution in [2.75, 3.05) is 35.0 Å². The van der Waals surface area contributed by atoms with Gasteiger partial charge < -0.3 is 34.6 Å². The number of aromatic amines is 1. The summed E-state index contributed by atoms with van der Waals surface area (Å²) in [6.07, 6.45) is 3.83. The van der Waals surface area contributed by atoms with E-state index >= 15 is 0 Å². The molecule has 1 amide bonds. The number of ether oxygens (including phenoxy) is 4. The molecule has 5 rings (SSSR count). The molecule has 1 saturated carbocycles. The van der Waals surface area contributed by atoms with E-state index in [2.05, 4.69) is 4.98 Å². The number of esters is 1. The van der Waals surface area contributed by atoms with Crippen molar-refractivity contribution in [1.82, 2.24) is 9.88 Å². The van der Waals surface area contributed by atoms with Gasteiger partial charge in [-0.2, -0.15) is 0 Å². The zero-order valence-corrected chi connectivity index (χ0v) is 24.7. The summed E-state index contributed by atoms with van der Waals surface area (Å²) in [5.41, 5.74) is 9.12. The molecule has 1 aliphatic heterocycles. The van der Waals surface area contributed by atoms with Crippen LogP contribution in [-0.2, 0) is 14.9 Å². The molecule has 1 aromatic heterocycles. The van der Waals surface area contributed by atoms with Crippen LogP contribution in [0.15, 0.2) is 29.6 Å². The molecule has 10 heteroatoms. The normalized spacial score (nSPS) is 19.9. The maximum absolute atomic E-state index is 13.5. The van der Waals surface area contributed by atoms with Crippen molar-refractivity contribution in [3.63, 3.8) is 0 Å². The van der Waals surface area contributed by atoms with Gasteiger partial charge >= 0.3 is 5.97 Å². The van der Waals surface area contributed by atoms with E-state index in [1.54, 1.807) is 23.1 Å². The minimum Gasteiger partial charge on any atom is -0.493 e. The van der Waals surface area contributed by atoms with Crippen LogP contribution in [0.2, 0.25) is 0 Å². The Labute approximate surface area is 235 Å². The molecular formula is C30H39N3O7. The Kier molecular flexibility index (Phi) is 9.02. The largest absolute Gasteiger partial charge is 0.493 e. The van der Waals surface area contributed by atoms with Gasteiger partial charge in [0, 0.05) is 29.3 Å². The predicted octanol–water partition coefficient (Wildman–Crippen LogP) is 4.37. The minimum absolute atomic E-state index is 0.00675. The second kappa shape index (κ2) is 11.9. The van der Waals surface area contributed by atoms with Crippen LogP contribution >= 0.6 is 0 Å². The number of amides is 1. The summed E-state index contributed by atoms with van der Waals surface area (Å²) in [6, 6.07) is 3.39. The lowest BCUT2D eigenvalue weighted by Crippen LogP contribution is -2.36. The van der Waals surface area contributed by atoms with Crippen molar-refractivity contribution < 1.29 is 33.3 Å². The molecule has 10 nitrogen and oxygen atoms in total. The van der Waals surface area contributed by atoms with Gasteiger partial charge in [-0.25, -0.2) is 4.79 Å². The van der Waals surface area contributed by atoms with Crippen LogP contribution in [0.4, 0.5) is 0 Å². The van der Waals surface area contributed by atoms with E-state index in [1.807, 2.05) is 34.6 Å². The summed E-state index contributed by atoms with van der Waals surface area (Å²) < 4.78 is 21.1. The summed E-state index contributed by atoms with van der Waals surface area (Å²) in [5, 5.41) is 0. The maximum Gasteiger partial charge on any atom is 0.354 e. The van der Waals surface area contributed by atoms with Gasteiger partial charge in [-0.3, -0.25) is 9.59 Å². The van der Waals surface area contributed by atoms with Crippen LogP contribution in [0.25, 0.3) is 6.08 Å².